The molecule has 2 saturated heterocycles. The summed E-state index contributed by atoms with van der Waals surface area (Å²) >= 11 is 0. The molecule has 136 valence electrons. The zero-order valence-electron chi connectivity index (χ0n) is 13.3. The van der Waals surface area contributed by atoms with Crippen molar-refractivity contribution in [3.05, 3.63) is 24.0 Å². The van der Waals surface area contributed by atoms with E-state index in [9.17, 15) is 9.18 Å². The minimum atomic E-state index is -0.366. The third-order valence-electron chi connectivity index (χ3n) is 4.16. The van der Waals surface area contributed by atoms with Gasteiger partial charge in [0.1, 0.15) is 5.82 Å². The van der Waals surface area contributed by atoms with Crippen LogP contribution in [0.5, 0.6) is 0 Å². The van der Waals surface area contributed by atoms with Crippen LogP contribution in [0.25, 0.3) is 0 Å². The quantitative estimate of drug-likeness (QED) is 0.735. The molecule has 3 N–H and O–H groups in total. The highest BCUT2D eigenvalue weighted by atomic mass is 35.5. The van der Waals surface area contributed by atoms with Crippen molar-refractivity contribution in [1.82, 2.24) is 5.32 Å². The maximum absolute atomic E-state index is 14.1. The molecule has 1 amide bonds. The SMILES string of the molecule is Cl.Cl.O=C(Nc1ccc(NCC2CCCO2)c(F)c1)C1CCCN1. The molecule has 5 nitrogen and oxygen atoms in total. The van der Waals surface area contributed by atoms with Crippen molar-refractivity contribution in [2.24, 2.45) is 0 Å². The van der Waals surface area contributed by atoms with Gasteiger partial charge in [-0.25, -0.2) is 4.39 Å². The summed E-state index contributed by atoms with van der Waals surface area (Å²) in [6, 6.07) is 4.56. The number of ether oxygens (including phenoxy) is 1. The Balaban J connectivity index is 0.00000144. The Hall–Kier alpha value is -1.08. The average molecular weight is 380 g/mol. The summed E-state index contributed by atoms with van der Waals surface area (Å²) in [6.07, 6.45) is 4.06. The molecule has 2 heterocycles. The van der Waals surface area contributed by atoms with E-state index in [0.29, 0.717) is 17.9 Å². The highest BCUT2D eigenvalue weighted by molar-refractivity contribution is 5.95. The van der Waals surface area contributed by atoms with Crippen molar-refractivity contribution >= 4 is 42.1 Å². The summed E-state index contributed by atoms with van der Waals surface area (Å²) in [4.78, 5) is 12.0. The second kappa shape index (κ2) is 10.0. The van der Waals surface area contributed by atoms with Crippen LogP contribution in [0.2, 0.25) is 0 Å². The third-order valence-corrected chi connectivity index (χ3v) is 4.16. The van der Waals surface area contributed by atoms with Crippen molar-refractivity contribution in [3.63, 3.8) is 0 Å². The van der Waals surface area contributed by atoms with Gasteiger partial charge in [-0.15, -0.1) is 24.8 Å². The minimum absolute atomic E-state index is 0. The van der Waals surface area contributed by atoms with Gasteiger partial charge >= 0.3 is 0 Å². The molecular weight excluding hydrogens is 356 g/mol. The van der Waals surface area contributed by atoms with Crippen LogP contribution in [-0.2, 0) is 9.53 Å². The van der Waals surface area contributed by atoms with Gasteiger partial charge in [-0.1, -0.05) is 0 Å². The largest absolute Gasteiger partial charge is 0.380 e. The summed E-state index contributed by atoms with van der Waals surface area (Å²) in [7, 11) is 0. The van der Waals surface area contributed by atoms with Crippen LogP contribution in [0.3, 0.4) is 0 Å². The van der Waals surface area contributed by atoms with E-state index in [0.717, 1.165) is 38.8 Å². The number of anilines is 2. The molecule has 24 heavy (non-hydrogen) atoms. The van der Waals surface area contributed by atoms with E-state index in [-0.39, 0.29) is 48.7 Å². The number of rotatable bonds is 5. The van der Waals surface area contributed by atoms with Crippen molar-refractivity contribution in [3.8, 4) is 0 Å². The van der Waals surface area contributed by atoms with Crippen LogP contribution >= 0.6 is 24.8 Å². The number of hydrogen-bond donors (Lipinski definition) is 3. The Bertz CT molecular complexity index is 536. The molecule has 1 aromatic rings. The highest BCUT2D eigenvalue weighted by Crippen LogP contribution is 2.21. The molecule has 0 saturated carbocycles. The second-order valence-corrected chi connectivity index (χ2v) is 5.85. The fraction of sp³-hybridized carbons (Fsp3) is 0.562. The first-order valence-corrected chi connectivity index (χ1v) is 7.91. The van der Waals surface area contributed by atoms with Crippen LogP contribution in [-0.4, -0.2) is 37.7 Å². The normalized spacial score (nSPS) is 22.4. The Morgan fingerprint density at radius 3 is 2.75 bits per heavy atom. The van der Waals surface area contributed by atoms with Crippen LogP contribution in [0.15, 0.2) is 18.2 Å². The number of carbonyl (C=O) groups excluding carboxylic acids is 1. The predicted molar refractivity (Wildman–Crippen MR) is 98.0 cm³/mol. The van der Waals surface area contributed by atoms with Gasteiger partial charge in [0.15, 0.2) is 0 Å². The van der Waals surface area contributed by atoms with Gasteiger partial charge in [0.2, 0.25) is 5.91 Å². The van der Waals surface area contributed by atoms with Crippen LogP contribution in [0.1, 0.15) is 25.7 Å². The van der Waals surface area contributed by atoms with Crippen molar-refractivity contribution in [1.29, 1.82) is 0 Å². The van der Waals surface area contributed by atoms with E-state index in [2.05, 4.69) is 16.0 Å². The standard InChI is InChI=1S/C16H22FN3O2.2ClH/c17-13-9-11(20-16(21)15-4-1-7-18-15)5-6-14(13)19-10-12-3-2-8-22-12;;/h5-6,9,12,15,18-19H,1-4,7-8,10H2,(H,20,21);2*1H. The molecule has 2 atom stereocenters. The van der Waals surface area contributed by atoms with Gasteiger partial charge in [-0.3, -0.25) is 4.79 Å². The van der Waals surface area contributed by atoms with Gasteiger partial charge in [0, 0.05) is 18.8 Å². The molecule has 2 aliphatic rings. The summed E-state index contributed by atoms with van der Waals surface area (Å²) in [5.41, 5.74) is 0.923. The first-order valence-electron chi connectivity index (χ1n) is 7.91. The van der Waals surface area contributed by atoms with E-state index in [4.69, 9.17) is 4.74 Å². The Kier molecular flexibility index (Phi) is 8.76. The molecule has 2 fully saturated rings. The Morgan fingerprint density at radius 1 is 1.29 bits per heavy atom. The maximum atomic E-state index is 14.1. The first kappa shape index (κ1) is 21.0. The summed E-state index contributed by atoms with van der Waals surface area (Å²) < 4.78 is 19.6. The molecule has 0 aliphatic carbocycles. The molecule has 0 spiro atoms. The fourth-order valence-electron chi connectivity index (χ4n) is 2.90. The number of benzene rings is 1. The lowest BCUT2D eigenvalue weighted by Gasteiger charge is -2.14. The van der Waals surface area contributed by atoms with Gasteiger partial charge in [-0.2, -0.15) is 0 Å². The smallest absolute Gasteiger partial charge is 0.241 e. The van der Waals surface area contributed by atoms with Crippen molar-refractivity contribution in [2.45, 2.75) is 37.8 Å². The minimum Gasteiger partial charge on any atom is -0.380 e. The zero-order chi connectivity index (χ0) is 15.4. The first-order chi connectivity index (χ1) is 10.7. The number of carbonyl (C=O) groups is 1. The maximum Gasteiger partial charge on any atom is 0.241 e. The van der Waals surface area contributed by atoms with Gasteiger partial charge in [0.05, 0.1) is 17.8 Å². The monoisotopic (exact) mass is 379 g/mol. The van der Waals surface area contributed by atoms with Crippen LogP contribution < -0.4 is 16.0 Å². The van der Waals surface area contributed by atoms with E-state index < -0.39 is 0 Å². The molecule has 2 aliphatic heterocycles. The van der Waals surface area contributed by atoms with E-state index in [1.165, 1.54) is 6.07 Å². The predicted octanol–water partition coefficient (Wildman–Crippen LogP) is 2.95. The molecule has 0 radical (unpaired) electrons. The van der Waals surface area contributed by atoms with Gasteiger partial charge < -0.3 is 20.7 Å². The molecule has 1 aromatic carbocycles. The van der Waals surface area contributed by atoms with E-state index in [1.807, 2.05) is 0 Å². The average Bonchev–Trinajstić information content (AvgIpc) is 3.20. The topological polar surface area (TPSA) is 62.4 Å². The Labute approximate surface area is 153 Å². The number of amides is 1. The van der Waals surface area contributed by atoms with Crippen molar-refractivity contribution < 1.29 is 13.9 Å². The van der Waals surface area contributed by atoms with Crippen LogP contribution in [0, 0.1) is 5.82 Å². The molecule has 0 aromatic heterocycles. The van der Waals surface area contributed by atoms with E-state index in [1.54, 1.807) is 12.1 Å². The van der Waals surface area contributed by atoms with Gasteiger partial charge in [0.25, 0.3) is 0 Å². The second-order valence-electron chi connectivity index (χ2n) is 5.85. The van der Waals surface area contributed by atoms with Crippen molar-refractivity contribution in [2.75, 3.05) is 30.3 Å². The van der Waals surface area contributed by atoms with E-state index >= 15 is 0 Å². The third kappa shape index (κ3) is 5.48. The van der Waals surface area contributed by atoms with Crippen LogP contribution in [0.4, 0.5) is 15.8 Å². The summed E-state index contributed by atoms with van der Waals surface area (Å²) in [5, 5.41) is 8.94. The lowest BCUT2D eigenvalue weighted by Crippen LogP contribution is -2.35. The lowest BCUT2D eigenvalue weighted by molar-refractivity contribution is -0.117. The fourth-order valence-corrected chi connectivity index (χ4v) is 2.90. The number of halogens is 3. The highest BCUT2D eigenvalue weighted by Gasteiger charge is 2.22. The molecular formula is C16H24Cl2FN3O2. The molecule has 8 heteroatoms. The number of hydrogen-bond acceptors (Lipinski definition) is 4. The lowest BCUT2D eigenvalue weighted by atomic mass is 10.2. The zero-order valence-corrected chi connectivity index (χ0v) is 15.0. The number of nitrogens with one attached hydrogen (secondary N) is 3. The Morgan fingerprint density at radius 2 is 2.12 bits per heavy atom. The molecule has 2 unspecified atom stereocenters. The summed E-state index contributed by atoms with van der Waals surface area (Å²) in [5.74, 6) is -0.466. The molecule has 0 bridgehead atoms. The molecule has 3 rings (SSSR count). The summed E-state index contributed by atoms with van der Waals surface area (Å²) in [6.45, 7) is 2.25. The van der Waals surface area contributed by atoms with Gasteiger partial charge in [-0.05, 0) is 50.4 Å².